The lowest BCUT2D eigenvalue weighted by atomic mass is 10.1. The van der Waals surface area contributed by atoms with E-state index in [4.69, 9.17) is 15.7 Å². The summed E-state index contributed by atoms with van der Waals surface area (Å²) in [7, 11) is 0. The molecule has 0 amide bonds. The van der Waals surface area contributed by atoms with Crippen molar-refractivity contribution in [3.05, 3.63) is 64.7 Å². The first-order valence-electron chi connectivity index (χ1n) is 6.65. The molecule has 0 bridgehead atoms. The Bertz CT molecular complexity index is 629. The standard InChI is InChI=1S/C17H18N2O/c1-13-4-2-7-16(8-9-18)17(13)20-12-15-6-3-5-14(10-15)11-19/h2-7,10H,8-9,12,18H2,1H3. The molecule has 0 fully saturated rings. The molecular formula is C17H18N2O. The molecule has 0 aliphatic heterocycles. The van der Waals surface area contributed by atoms with Gasteiger partial charge in [-0.05, 0) is 48.7 Å². The molecule has 2 aromatic rings. The summed E-state index contributed by atoms with van der Waals surface area (Å²) in [5, 5.41) is 8.90. The fraction of sp³-hybridized carbons (Fsp3) is 0.235. The molecule has 2 aromatic carbocycles. The molecule has 0 radical (unpaired) electrons. The van der Waals surface area contributed by atoms with Crippen LogP contribution in [0.2, 0.25) is 0 Å². The fourth-order valence-electron chi connectivity index (χ4n) is 2.16. The predicted octanol–water partition coefficient (Wildman–Crippen LogP) is 2.95. The summed E-state index contributed by atoms with van der Waals surface area (Å²) in [4.78, 5) is 0. The maximum Gasteiger partial charge on any atom is 0.125 e. The zero-order valence-electron chi connectivity index (χ0n) is 11.6. The van der Waals surface area contributed by atoms with Gasteiger partial charge in [0.25, 0.3) is 0 Å². The lowest BCUT2D eigenvalue weighted by Gasteiger charge is -2.14. The Kier molecular flexibility index (Phi) is 4.75. The fourth-order valence-corrected chi connectivity index (χ4v) is 2.16. The molecule has 2 rings (SSSR count). The number of nitriles is 1. The molecule has 0 saturated carbocycles. The van der Waals surface area contributed by atoms with Crippen molar-refractivity contribution < 1.29 is 4.74 Å². The normalized spacial score (nSPS) is 10.1. The van der Waals surface area contributed by atoms with E-state index < -0.39 is 0 Å². The molecule has 3 heteroatoms. The Labute approximate surface area is 119 Å². The Morgan fingerprint density at radius 2 is 2.00 bits per heavy atom. The van der Waals surface area contributed by atoms with E-state index in [9.17, 15) is 0 Å². The van der Waals surface area contributed by atoms with E-state index in [2.05, 4.69) is 6.07 Å². The SMILES string of the molecule is Cc1cccc(CCN)c1OCc1cccc(C#N)c1. The number of rotatable bonds is 5. The van der Waals surface area contributed by atoms with Crippen LogP contribution in [0.25, 0.3) is 0 Å². The maximum atomic E-state index is 8.90. The minimum absolute atomic E-state index is 0.456. The van der Waals surface area contributed by atoms with Gasteiger partial charge in [0.15, 0.2) is 0 Å². The average Bonchev–Trinajstić information content (AvgIpc) is 2.47. The van der Waals surface area contributed by atoms with Crippen LogP contribution in [-0.2, 0) is 13.0 Å². The van der Waals surface area contributed by atoms with Gasteiger partial charge in [-0.3, -0.25) is 0 Å². The van der Waals surface area contributed by atoms with E-state index in [1.54, 1.807) is 6.07 Å². The number of aryl methyl sites for hydroxylation is 1. The molecule has 0 spiro atoms. The van der Waals surface area contributed by atoms with E-state index in [-0.39, 0.29) is 0 Å². The number of ether oxygens (including phenoxy) is 1. The highest BCUT2D eigenvalue weighted by Crippen LogP contribution is 2.24. The van der Waals surface area contributed by atoms with E-state index in [1.165, 1.54) is 0 Å². The molecule has 0 saturated heterocycles. The second-order valence-electron chi connectivity index (χ2n) is 4.70. The average molecular weight is 266 g/mol. The highest BCUT2D eigenvalue weighted by atomic mass is 16.5. The second kappa shape index (κ2) is 6.74. The third kappa shape index (κ3) is 3.37. The van der Waals surface area contributed by atoms with Crippen molar-refractivity contribution in [3.8, 4) is 11.8 Å². The van der Waals surface area contributed by atoms with Crippen LogP contribution in [0.4, 0.5) is 0 Å². The zero-order chi connectivity index (χ0) is 14.4. The van der Waals surface area contributed by atoms with Crippen LogP contribution in [0.3, 0.4) is 0 Å². The lowest BCUT2D eigenvalue weighted by Crippen LogP contribution is -2.06. The van der Waals surface area contributed by atoms with Gasteiger partial charge in [0, 0.05) is 0 Å². The van der Waals surface area contributed by atoms with Crippen LogP contribution in [0.5, 0.6) is 5.75 Å². The van der Waals surface area contributed by atoms with E-state index in [0.717, 1.165) is 28.9 Å². The molecule has 0 heterocycles. The van der Waals surface area contributed by atoms with Crippen LogP contribution in [-0.4, -0.2) is 6.54 Å². The van der Waals surface area contributed by atoms with Gasteiger partial charge in [-0.1, -0.05) is 30.3 Å². The monoisotopic (exact) mass is 266 g/mol. The number of nitrogens with two attached hydrogens (primary N) is 1. The van der Waals surface area contributed by atoms with Crippen LogP contribution in [0.15, 0.2) is 42.5 Å². The van der Waals surface area contributed by atoms with Crippen molar-refractivity contribution in [2.24, 2.45) is 5.73 Å². The first-order chi connectivity index (χ1) is 9.74. The van der Waals surface area contributed by atoms with E-state index in [0.29, 0.717) is 18.7 Å². The molecule has 102 valence electrons. The predicted molar refractivity (Wildman–Crippen MR) is 79.4 cm³/mol. The summed E-state index contributed by atoms with van der Waals surface area (Å²) < 4.78 is 5.94. The first kappa shape index (κ1) is 14.1. The number of para-hydroxylation sites is 1. The van der Waals surface area contributed by atoms with Crippen molar-refractivity contribution in [1.29, 1.82) is 5.26 Å². The van der Waals surface area contributed by atoms with Gasteiger partial charge < -0.3 is 10.5 Å². The minimum Gasteiger partial charge on any atom is -0.488 e. The van der Waals surface area contributed by atoms with Gasteiger partial charge in [0.2, 0.25) is 0 Å². The summed E-state index contributed by atoms with van der Waals surface area (Å²) in [6, 6.07) is 15.7. The molecule has 20 heavy (non-hydrogen) atoms. The van der Waals surface area contributed by atoms with Gasteiger partial charge in [0.05, 0.1) is 11.6 Å². The third-order valence-corrected chi connectivity index (χ3v) is 3.15. The molecule has 0 aliphatic rings. The summed E-state index contributed by atoms with van der Waals surface area (Å²) in [6.07, 6.45) is 0.801. The van der Waals surface area contributed by atoms with Crippen LogP contribution >= 0.6 is 0 Å². The Morgan fingerprint density at radius 3 is 2.75 bits per heavy atom. The number of benzene rings is 2. The topological polar surface area (TPSA) is 59.0 Å². The Morgan fingerprint density at radius 1 is 1.20 bits per heavy atom. The summed E-state index contributed by atoms with van der Waals surface area (Å²) >= 11 is 0. The highest BCUT2D eigenvalue weighted by Gasteiger charge is 2.07. The van der Waals surface area contributed by atoms with E-state index in [1.807, 2.05) is 43.3 Å². The molecule has 0 aromatic heterocycles. The summed E-state index contributed by atoms with van der Waals surface area (Å²) in [5.74, 6) is 0.903. The van der Waals surface area contributed by atoms with Crippen molar-refractivity contribution in [2.75, 3.05) is 6.54 Å². The smallest absolute Gasteiger partial charge is 0.125 e. The molecule has 0 unspecified atom stereocenters. The lowest BCUT2D eigenvalue weighted by molar-refractivity contribution is 0.301. The largest absolute Gasteiger partial charge is 0.488 e. The molecule has 0 atom stereocenters. The third-order valence-electron chi connectivity index (χ3n) is 3.15. The van der Waals surface area contributed by atoms with Gasteiger partial charge in [-0.15, -0.1) is 0 Å². The van der Waals surface area contributed by atoms with Gasteiger partial charge in [-0.2, -0.15) is 5.26 Å². The van der Waals surface area contributed by atoms with E-state index >= 15 is 0 Å². The van der Waals surface area contributed by atoms with Crippen molar-refractivity contribution in [1.82, 2.24) is 0 Å². The minimum atomic E-state index is 0.456. The van der Waals surface area contributed by atoms with Crippen LogP contribution in [0.1, 0.15) is 22.3 Å². The Hall–Kier alpha value is -2.31. The van der Waals surface area contributed by atoms with Gasteiger partial charge in [0.1, 0.15) is 12.4 Å². The van der Waals surface area contributed by atoms with Crippen LogP contribution in [0, 0.1) is 18.3 Å². The molecule has 2 N–H and O–H groups in total. The molecule has 3 nitrogen and oxygen atoms in total. The quantitative estimate of drug-likeness (QED) is 0.905. The second-order valence-corrected chi connectivity index (χ2v) is 4.70. The number of hydrogen-bond acceptors (Lipinski definition) is 3. The zero-order valence-corrected chi connectivity index (χ0v) is 11.6. The van der Waals surface area contributed by atoms with Crippen molar-refractivity contribution in [2.45, 2.75) is 20.0 Å². The first-order valence-corrected chi connectivity index (χ1v) is 6.65. The summed E-state index contributed by atoms with van der Waals surface area (Å²) in [5.41, 5.74) is 9.51. The van der Waals surface area contributed by atoms with Crippen LogP contribution < -0.4 is 10.5 Å². The van der Waals surface area contributed by atoms with Crippen molar-refractivity contribution >= 4 is 0 Å². The molecular weight excluding hydrogens is 248 g/mol. The maximum absolute atomic E-state index is 8.90. The Balaban J connectivity index is 2.16. The number of nitrogens with zero attached hydrogens (tertiary/aromatic N) is 1. The number of hydrogen-bond donors (Lipinski definition) is 1. The summed E-state index contributed by atoms with van der Waals surface area (Å²) in [6.45, 7) is 3.09. The van der Waals surface area contributed by atoms with Gasteiger partial charge in [-0.25, -0.2) is 0 Å². The van der Waals surface area contributed by atoms with Gasteiger partial charge >= 0.3 is 0 Å². The van der Waals surface area contributed by atoms with Crippen molar-refractivity contribution in [3.63, 3.8) is 0 Å². The molecule has 0 aliphatic carbocycles. The highest BCUT2D eigenvalue weighted by molar-refractivity contribution is 5.41.